The van der Waals surface area contributed by atoms with Crippen LogP contribution in [0.15, 0.2) is 24.5 Å². The Labute approximate surface area is 131 Å². The Kier molecular flexibility index (Phi) is 4.71. The lowest BCUT2D eigenvalue weighted by molar-refractivity contribution is -0.128. The number of likely N-dealkylation sites (tertiary alicyclic amines) is 1. The lowest BCUT2D eigenvalue weighted by Crippen LogP contribution is -2.38. The number of amides is 2. The van der Waals surface area contributed by atoms with E-state index < -0.39 is 0 Å². The fraction of sp³-hybridized carbons (Fsp3) is 0.588. The van der Waals surface area contributed by atoms with Crippen molar-refractivity contribution in [3.05, 3.63) is 30.1 Å². The third-order valence-electron chi connectivity index (χ3n) is 4.68. The molecule has 0 radical (unpaired) electrons. The molecule has 118 valence electrons. The maximum Gasteiger partial charge on any atom is 0.253 e. The van der Waals surface area contributed by atoms with Crippen molar-refractivity contribution in [2.24, 2.45) is 5.92 Å². The first-order chi connectivity index (χ1) is 10.7. The summed E-state index contributed by atoms with van der Waals surface area (Å²) < 4.78 is 0. The number of hydrogen-bond donors (Lipinski definition) is 1. The van der Waals surface area contributed by atoms with Gasteiger partial charge in [0.25, 0.3) is 5.91 Å². The van der Waals surface area contributed by atoms with Crippen LogP contribution in [0.2, 0.25) is 0 Å². The van der Waals surface area contributed by atoms with Crippen molar-refractivity contribution in [3.63, 3.8) is 0 Å². The van der Waals surface area contributed by atoms with Crippen LogP contribution in [0.4, 0.5) is 0 Å². The molecule has 0 spiro atoms. The van der Waals surface area contributed by atoms with Gasteiger partial charge in [0.2, 0.25) is 5.91 Å². The van der Waals surface area contributed by atoms with Gasteiger partial charge in [-0.25, -0.2) is 0 Å². The zero-order chi connectivity index (χ0) is 15.4. The molecule has 1 saturated heterocycles. The van der Waals surface area contributed by atoms with E-state index in [9.17, 15) is 9.59 Å². The normalized spacial score (nSPS) is 22.8. The molecule has 5 heteroatoms. The second kappa shape index (κ2) is 6.90. The highest BCUT2D eigenvalue weighted by atomic mass is 16.2. The lowest BCUT2D eigenvalue weighted by Gasteiger charge is -2.27. The summed E-state index contributed by atoms with van der Waals surface area (Å²) in [5.74, 6) is 0.665. The Bertz CT molecular complexity index is 526. The number of hydrogen-bond acceptors (Lipinski definition) is 3. The molecule has 22 heavy (non-hydrogen) atoms. The average Bonchev–Trinajstić information content (AvgIpc) is 2.88. The van der Waals surface area contributed by atoms with E-state index in [1.165, 1.54) is 32.1 Å². The molecule has 1 aromatic heterocycles. The van der Waals surface area contributed by atoms with Gasteiger partial charge in [0.05, 0.1) is 11.6 Å². The molecule has 2 aliphatic rings. The van der Waals surface area contributed by atoms with Crippen LogP contribution in [0, 0.1) is 5.92 Å². The van der Waals surface area contributed by atoms with Crippen LogP contribution in [-0.4, -0.2) is 40.8 Å². The number of carbonyl (C=O) groups is 2. The number of carbonyl (C=O) groups excluding carboxylic acids is 2. The van der Waals surface area contributed by atoms with E-state index in [1.807, 2.05) is 4.90 Å². The predicted molar refractivity (Wildman–Crippen MR) is 83.3 cm³/mol. The molecule has 2 amide bonds. The molecule has 0 aromatic carbocycles. The summed E-state index contributed by atoms with van der Waals surface area (Å²) in [4.78, 5) is 30.1. The van der Waals surface area contributed by atoms with E-state index in [1.54, 1.807) is 24.5 Å². The lowest BCUT2D eigenvalue weighted by atomic mass is 9.89. The molecule has 1 unspecified atom stereocenters. The minimum absolute atomic E-state index is 0.0798. The Morgan fingerprint density at radius 3 is 2.86 bits per heavy atom. The summed E-state index contributed by atoms with van der Waals surface area (Å²) in [7, 11) is 0. The van der Waals surface area contributed by atoms with Crippen LogP contribution >= 0.6 is 0 Å². The topological polar surface area (TPSA) is 62.3 Å². The van der Waals surface area contributed by atoms with Crippen molar-refractivity contribution in [1.29, 1.82) is 0 Å². The zero-order valence-electron chi connectivity index (χ0n) is 12.8. The smallest absolute Gasteiger partial charge is 0.253 e. The van der Waals surface area contributed by atoms with Crippen molar-refractivity contribution in [3.8, 4) is 0 Å². The van der Waals surface area contributed by atoms with E-state index in [2.05, 4.69) is 10.3 Å². The zero-order valence-corrected chi connectivity index (χ0v) is 12.8. The fourth-order valence-corrected chi connectivity index (χ4v) is 3.49. The third-order valence-corrected chi connectivity index (χ3v) is 4.68. The number of nitrogens with one attached hydrogen (secondary N) is 1. The van der Waals surface area contributed by atoms with Crippen molar-refractivity contribution in [2.45, 2.75) is 44.6 Å². The van der Waals surface area contributed by atoms with Gasteiger partial charge in [-0.1, -0.05) is 19.3 Å². The summed E-state index contributed by atoms with van der Waals surface area (Å²) in [6.45, 7) is 1.50. The summed E-state index contributed by atoms with van der Waals surface area (Å²) in [6, 6.07) is 3.40. The van der Waals surface area contributed by atoms with Gasteiger partial charge in [-0.2, -0.15) is 0 Å². The van der Waals surface area contributed by atoms with Crippen LogP contribution in [-0.2, 0) is 4.79 Å². The number of rotatable bonds is 4. The molecule has 1 aromatic rings. The molecule has 1 N–H and O–H groups in total. The Morgan fingerprint density at radius 2 is 2.14 bits per heavy atom. The molecule has 5 nitrogen and oxygen atoms in total. The largest absolute Gasteiger partial charge is 0.347 e. The Morgan fingerprint density at radius 1 is 1.32 bits per heavy atom. The van der Waals surface area contributed by atoms with Crippen LogP contribution in [0.25, 0.3) is 0 Å². The van der Waals surface area contributed by atoms with E-state index in [4.69, 9.17) is 0 Å². The molecule has 1 aliphatic heterocycles. The molecule has 0 bridgehead atoms. The van der Waals surface area contributed by atoms with Gasteiger partial charge >= 0.3 is 0 Å². The van der Waals surface area contributed by atoms with Crippen LogP contribution in [0.5, 0.6) is 0 Å². The van der Waals surface area contributed by atoms with Gasteiger partial charge in [-0.15, -0.1) is 0 Å². The van der Waals surface area contributed by atoms with Crippen molar-refractivity contribution in [1.82, 2.24) is 15.2 Å². The van der Waals surface area contributed by atoms with Gasteiger partial charge in [0.15, 0.2) is 0 Å². The first-order valence-corrected chi connectivity index (χ1v) is 8.21. The van der Waals surface area contributed by atoms with Crippen LogP contribution in [0.1, 0.15) is 48.9 Å². The Hall–Kier alpha value is -1.91. The second-order valence-electron chi connectivity index (χ2n) is 6.42. The highest BCUT2D eigenvalue weighted by Gasteiger charge is 2.32. The summed E-state index contributed by atoms with van der Waals surface area (Å²) in [6.07, 6.45) is 9.97. The Balaban J connectivity index is 1.52. The maximum atomic E-state index is 12.1. The van der Waals surface area contributed by atoms with Gasteiger partial charge in [-0.3, -0.25) is 14.6 Å². The quantitative estimate of drug-likeness (QED) is 0.925. The molecule has 2 fully saturated rings. The summed E-state index contributed by atoms with van der Waals surface area (Å²) in [5.41, 5.74) is 0.542. The average molecular weight is 301 g/mol. The second-order valence-corrected chi connectivity index (χ2v) is 6.42. The van der Waals surface area contributed by atoms with Crippen LogP contribution in [0.3, 0.4) is 0 Å². The van der Waals surface area contributed by atoms with Gasteiger partial charge in [0.1, 0.15) is 0 Å². The number of nitrogens with zero attached hydrogens (tertiary/aromatic N) is 2. The number of pyridine rings is 1. The van der Waals surface area contributed by atoms with Crippen molar-refractivity contribution in [2.75, 3.05) is 13.1 Å². The minimum Gasteiger partial charge on any atom is -0.347 e. The molecular weight excluding hydrogens is 278 g/mol. The monoisotopic (exact) mass is 301 g/mol. The molecule has 2 heterocycles. The highest BCUT2D eigenvalue weighted by molar-refractivity contribution is 5.94. The minimum atomic E-state index is -0.148. The number of aromatic nitrogens is 1. The molecule has 1 atom stereocenters. The van der Waals surface area contributed by atoms with E-state index in [0.29, 0.717) is 24.4 Å². The van der Waals surface area contributed by atoms with Crippen LogP contribution < -0.4 is 5.32 Å². The first-order valence-electron chi connectivity index (χ1n) is 8.21. The third kappa shape index (κ3) is 3.64. The first kappa shape index (κ1) is 15.0. The van der Waals surface area contributed by atoms with Gasteiger partial charge in [-0.05, 0) is 30.9 Å². The maximum absolute atomic E-state index is 12.1. The highest BCUT2D eigenvalue weighted by Crippen LogP contribution is 2.26. The van der Waals surface area contributed by atoms with Gasteiger partial charge in [0, 0.05) is 31.9 Å². The molecular formula is C17H23N3O2. The summed E-state index contributed by atoms with van der Waals surface area (Å²) >= 11 is 0. The molecule has 3 rings (SSSR count). The SMILES string of the molecule is O=C(NC1CC(=O)N(CC2CCCCC2)C1)c1cccnc1. The summed E-state index contributed by atoms with van der Waals surface area (Å²) in [5, 5.41) is 2.95. The van der Waals surface area contributed by atoms with E-state index in [-0.39, 0.29) is 17.9 Å². The van der Waals surface area contributed by atoms with Crippen molar-refractivity contribution < 1.29 is 9.59 Å². The van der Waals surface area contributed by atoms with Gasteiger partial charge < -0.3 is 10.2 Å². The standard InChI is InChI=1S/C17H23N3O2/c21-16-9-15(19-17(22)14-7-4-8-18-10-14)12-20(16)11-13-5-2-1-3-6-13/h4,7-8,10,13,15H,1-3,5-6,9,11-12H2,(H,19,22). The van der Waals surface area contributed by atoms with E-state index >= 15 is 0 Å². The molecule has 1 saturated carbocycles. The van der Waals surface area contributed by atoms with E-state index in [0.717, 1.165) is 6.54 Å². The fourth-order valence-electron chi connectivity index (χ4n) is 3.49. The molecule has 1 aliphatic carbocycles. The predicted octanol–water partition coefficient (Wildman–Crippen LogP) is 1.99. The van der Waals surface area contributed by atoms with Crippen molar-refractivity contribution >= 4 is 11.8 Å².